The minimum atomic E-state index is -0.834. The number of nitrogens with one attached hydrogen (secondary N) is 1. The summed E-state index contributed by atoms with van der Waals surface area (Å²) in [5, 5.41) is 7.04. The molecule has 1 aromatic heterocycles. The molecule has 2 amide bonds. The number of methoxy groups -OCH3 is 1. The summed E-state index contributed by atoms with van der Waals surface area (Å²) in [6.07, 6.45) is 4.11. The Hall–Kier alpha value is -2.91. The van der Waals surface area contributed by atoms with Crippen LogP contribution in [-0.4, -0.2) is 59.2 Å². The molecular weight excluding hydrogens is 402 g/mol. The number of carbonyl (C=O) groups is 2. The molecule has 0 saturated carbocycles. The summed E-state index contributed by atoms with van der Waals surface area (Å²) < 4.78 is 16.8. The summed E-state index contributed by atoms with van der Waals surface area (Å²) >= 11 is 0. The Balaban J connectivity index is 2.25. The van der Waals surface area contributed by atoms with E-state index in [1.54, 1.807) is 54.8 Å². The van der Waals surface area contributed by atoms with E-state index in [0.29, 0.717) is 12.5 Å². The number of nitrogens with zero attached hydrogens (tertiary/aromatic N) is 4. The van der Waals surface area contributed by atoms with Crippen LogP contribution in [0.15, 0.2) is 16.2 Å². The van der Waals surface area contributed by atoms with E-state index >= 15 is 0 Å². The lowest BCUT2D eigenvalue weighted by atomic mass is 9.88. The number of carbonyl (C=O) groups excluding carboxylic acids is 2. The fourth-order valence-electron chi connectivity index (χ4n) is 3.01. The van der Waals surface area contributed by atoms with E-state index in [9.17, 15) is 9.59 Å². The van der Waals surface area contributed by atoms with Crippen molar-refractivity contribution in [2.24, 2.45) is 15.9 Å². The van der Waals surface area contributed by atoms with Crippen LogP contribution >= 0.6 is 0 Å². The molecule has 172 valence electrons. The molecule has 0 fully saturated rings. The smallest absolute Gasteiger partial charge is 0.437 e. The number of aryl methyl sites for hydroxylation is 1. The van der Waals surface area contributed by atoms with Gasteiger partial charge in [0.2, 0.25) is 5.96 Å². The number of fused-ring (bicyclic) bond motifs is 1. The number of rotatable bonds is 3. The van der Waals surface area contributed by atoms with Crippen molar-refractivity contribution in [3.63, 3.8) is 0 Å². The molecule has 0 aliphatic heterocycles. The molecule has 1 aliphatic rings. The van der Waals surface area contributed by atoms with Gasteiger partial charge in [-0.25, -0.2) is 14.3 Å². The Morgan fingerprint density at radius 1 is 1.23 bits per heavy atom. The van der Waals surface area contributed by atoms with Gasteiger partial charge < -0.3 is 14.2 Å². The van der Waals surface area contributed by atoms with Gasteiger partial charge in [0, 0.05) is 12.7 Å². The molecule has 1 N–H and O–H groups in total. The molecule has 0 saturated heterocycles. The first-order valence-corrected chi connectivity index (χ1v) is 10.3. The number of hydrogen-bond acceptors (Lipinski definition) is 7. The average Bonchev–Trinajstić information content (AvgIpc) is 3.01. The average molecular weight is 436 g/mol. The zero-order chi connectivity index (χ0) is 23.2. The molecule has 0 spiro atoms. The molecule has 1 aromatic rings. The lowest BCUT2D eigenvalue weighted by Gasteiger charge is -2.20. The minimum absolute atomic E-state index is 0.0770. The van der Waals surface area contributed by atoms with Gasteiger partial charge in [0.05, 0.1) is 12.8 Å². The summed E-state index contributed by atoms with van der Waals surface area (Å²) in [6.45, 7) is 11.1. The van der Waals surface area contributed by atoms with Crippen LogP contribution in [0.5, 0.6) is 0 Å². The van der Waals surface area contributed by atoms with Crippen LogP contribution in [0.25, 0.3) is 0 Å². The molecule has 10 heteroatoms. The molecular formula is C21H33N5O5. The third-order valence-corrected chi connectivity index (χ3v) is 4.14. The van der Waals surface area contributed by atoms with Gasteiger partial charge in [0.1, 0.15) is 11.2 Å². The van der Waals surface area contributed by atoms with Crippen LogP contribution in [0, 0.1) is 5.92 Å². The Morgan fingerprint density at radius 3 is 2.52 bits per heavy atom. The topological polar surface area (TPSA) is 116 Å². The molecule has 1 atom stereocenters. The van der Waals surface area contributed by atoms with Gasteiger partial charge in [-0.15, -0.1) is 4.99 Å². The Labute approximate surface area is 183 Å². The van der Waals surface area contributed by atoms with Crippen LogP contribution in [0.2, 0.25) is 0 Å². The first-order chi connectivity index (χ1) is 14.4. The second-order valence-electron chi connectivity index (χ2n) is 9.40. The first kappa shape index (κ1) is 24.4. The molecule has 1 heterocycles. The molecule has 10 nitrogen and oxygen atoms in total. The van der Waals surface area contributed by atoms with Gasteiger partial charge in [0.25, 0.3) is 0 Å². The normalized spacial score (nSPS) is 17.3. The lowest BCUT2D eigenvalue weighted by molar-refractivity contribution is 0.0560. The van der Waals surface area contributed by atoms with E-state index < -0.39 is 23.4 Å². The van der Waals surface area contributed by atoms with Gasteiger partial charge >= 0.3 is 12.2 Å². The third kappa shape index (κ3) is 8.39. The van der Waals surface area contributed by atoms with E-state index in [-0.39, 0.29) is 5.96 Å². The van der Waals surface area contributed by atoms with Gasteiger partial charge in [-0.3, -0.25) is 10.3 Å². The Kier molecular flexibility index (Phi) is 7.80. The molecule has 2 rings (SSSR count). The van der Waals surface area contributed by atoms with E-state index in [1.165, 1.54) is 11.1 Å². The van der Waals surface area contributed by atoms with Crippen LogP contribution < -0.4 is 5.32 Å². The van der Waals surface area contributed by atoms with Crippen LogP contribution in [0.4, 0.5) is 9.59 Å². The van der Waals surface area contributed by atoms with Crippen molar-refractivity contribution in [1.29, 1.82) is 0 Å². The SMILES string of the molecule is COC=NCC1CCc2nn(C(=NC(=O)OC(C)(C)C)NC(=O)OC(C)(C)C)cc2C1. The highest BCUT2D eigenvalue weighted by atomic mass is 16.6. The highest BCUT2D eigenvalue weighted by molar-refractivity contribution is 5.99. The molecule has 0 radical (unpaired) electrons. The van der Waals surface area contributed by atoms with Gasteiger partial charge in [-0.05, 0) is 72.3 Å². The summed E-state index contributed by atoms with van der Waals surface area (Å²) in [4.78, 5) is 32.8. The number of alkyl carbamates (subject to hydrolysis) is 1. The number of amides is 2. The van der Waals surface area contributed by atoms with Crippen molar-refractivity contribution in [3.8, 4) is 0 Å². The van der Waals surface area contributed by atoms with Crippen LogP contribution in [-0.2, 0) is 27.1 Å². The number of ether oxygens (including phenoxy) is 3. The van der Waals surface area contributed by atoms with Crippen molar-refractivity contribution in [1.82, 2.24) is 15.1 Å². The van der Waals surface area contributed by atoms with E-state index in [0.717, 1.165) is 30.5 Å². The van der Waals surface area contributed by atoms with E-state index in [1.807, 2.05) is 0 Å². The third-order valence-electron chi connectivity index (χ3n) is 4.14. The summed E-state index contributed by atoms with van der Waals surface area (Å²) in [6, 6.07) is 0. The van der Waals surface area contributed by atoms with Gasteiger partial charge in [0.15, 0.2) is 6.40 Å². The fourth-order valence-corrected chi connectivity index (χ4v) is 3.01. The molecule has 1 unspecified atom stereocenters. The maximum absolute atomic E-state index is 12.3. The molecule has 1 aliphatic carbocycles. The minimum Gasteiger partial charge on any atom is -0.487 e. The maximum atomic E-state index is 12.3. The number of hydrogen-bond donors (Lipinski definition) is 1. The zero-order valence-corrected chi connectivity index (χ0v) is 19.4. The summed E-state index contributed by atoms with van der Waals surface area (Å²) in [5.74, 6) is 0.286. The second-order valence-corrected chi connectivity index (χ2v) is 9.40. The molecule has 0 aromatic carbocycles. The van der Waals surface area contributed by atoms with Crippen molar-refractivity contribution >= 4 is 24.5 Å². The number of aromatic nitrogens is 2. The van der Waals surface area contributed by atoms with Crippen molar-refractivity contribution < 1.29 is 23.8 Å². The van der Waals surface area contributed by atoms with Crippen molar-refractivity contribution in [2.45, 2.75) is 72.0 Å². The molecule has 0 bridgehead atoms. The molecule has 31 heavy (non-hydrogen) atoms. The van der Waals surface area contributed by atoms with Crippen molar-refractivity contribution in [3.05, 3.63) is 17.5 Å². The van der Waals surface area contributed by atoms with E-state index in [4.69, 9.17) is 14.2 Å². The predicted molar refractivity (Wildman–Crippen MR) is 117 cm³/mol. The summed E-state index contributed by atoms with van der Waals surface area (Å²) in [5.41, 5.74) is 0.485. The van der Waals surface area contributed by atoms with Crippen LogP contribution in [0.3, 0.4) is 0 Å². The fraction of sp³-hybridized carbons (Fsp3) is 0.667. The highest BCUT2D eigenvalue weighted by Crippen LogP contribution is 2.25. The zero-order valence-electron chi connectivity index (χ0n) is 19.4. The second kappa shape index (κ2) is 9.93. The van der Waals surface area contributed by atoms with Crippen LogP contribution in [0.1, 0.15) is 59.2 Å². The first-order valence-electron chi connectivity index (χ1n) is 10.3. The largest absolute Gasteiger partial charge is 0.487 e. The Bertz CT molecular complexity index is 845. The Morgan fingerprint density at radius 2 is 1.90 bits per heavy atom. The van der Waals surface area contributed by atoms with Gasteiger partial charge in [-0.2, -0.15) is 5.10 Å². The van der Waals surface area contributed by atoms with Crippen molar-refractivity contribution in [2.75, 3.05) is 13.7 Å². The summed E-state index contributed by atoms with van der Waals surface area (Å²) in [7, 11) is 1.57. The standard InChI is InChI=1S/C21H33N5O5/c1-20(2,3)30-18(27)23-17(24-19(28)31-21(4,5)6)26-12-15-10-14(11-22-13-29-7)8-9-16(15)25-26/h12-14H,8-11H2,1-7H3,(H,23,24,27,28). The van der Waals surface area contributed by atoms with Gasteiger partial charge in [-0.1, -0.05) is 0 Å². The quantitative estimate of drug-likeness (QED) is 0.575. The highest BCUT2D eigenvalue weighted by Gasteiger charge is 2.25. The predicted octanol–water partition coefficient (Wildman–Crippen LogP) is 3.33. The van der Waals surface area contributed by atoms with E-state index in [2.05, 4.69) is 20.4 Å². The maximum Gasteiger partial charge on any atom is 0.437 e. The monoisotopic (exact) mass is 435 g/mol. The number of aliphatic imine (C=N–C) groups is 2. The lowest BCUT2D eigenvalue weighted by Crippen LogP contribution is -2.40.